The standard InChI is InChI=1S/C8H11NO3/c10-7-3-1-5-9(7)6-2-4-8(11)12/h2,4H,1,3,5-6H2,(H,11,12)/b4-2+. The van der Waals surface area contributed by atoms with Crippen LogP contribution in [0.3, 0.4) is 0 Å². The van der Waals surface area contributed by atoms with E-state index in [0.29, 0.717) is 13.0 Å². The lowest BCUT2D eigenvalue weighted by Crippen LogP contribution is -2.24. The minimum atomic E-state index is -0.971. The van der Waals surface area contributed by atoms with Crippen molar-refractivity contribution in [1.29, 1.82) is 0 Å². The first kappa shape index (κ1) is 8.77. The minimum absolute atomic E-state index is 0.116. The van der Waals surface area contributed by atoms with Crippen molar-refractivity contribution in [2.75, 3.05) is 13.1 Å². The third kappa shape index (κ3) is 2.38. The number of hydrogen-bond acceptors (Lipinski definition) is 2. The second-order valence-electron chi connectivity index (χ2n) is 2.68. The van der Waals surface area contributed by atoms with Crippen molar-refractivity contribution < 1.29 is 14.7 Å². The molecule has 0 aliphatic carbocycles. The number of carboxylic acid groups (broad SMARTS) is 1. The molecular formula is C8H11NO3. The Morgan fingerprint density at radius 2 is 2.42 bits per heavy atom. The Labute approximate surface area is 70.5 Å². The molecule has 0 aromatic rings. The second-order valence-corrected chi connectivity index (χ2v) is 2.68. The molecule has 1 aliphatic rings. The van der Waals surface area contributed by atoms with Crippen LogP contribution in [0.25, 0.3) is 0 Å². The molecule has 1 aliphatic heterocycles. The molecule has 0 unspecified atom stereocenters. The molecule has 4 nitrogen and oxygen atoms in total. The summed E-state index contributed by atoms with van der Waals surface area (Å²) < 4.78 is 0. The quantitative estimate of drug-likeness (QED) is 0.616. The first-order valence-electron chi connectivity index (χ1n) is 3.87. The van der Waals surface area contributed by atoms with E-state index in [4.69, 9.17) is 5.11 Å². The minimum Gasteiger partial charge on any atom is -0.478 e. The van der Waals surface area contributed by atoms with Gasteiger partial charge in [0.05, 0.1) is 0 Å². The fraction of sp³-hybridized carbons (Fsp3) is 0.500. The van der Waals surface area contributed by atoms with Gasteiger partial charge in [-0.05, 0) is 6.42 Å². The van der Waals surface area contributed by atoms with Gasteiger partial charge in [-0.2, -0.15) is 0 Å². The van der Waals surface area contributed by atoms with E-state index in [1.54, 1.807) is 4.90 Å². The third-order valence-corrected chi connectivity index (χ3v) is 1.76. The van der Waals surface area contributed by atoms with Gasteiger partial charge in [0.2, 0.25) is 5.91 Å². The van der Waals surface area contributed by atoms with Crippen LogP contribution < -0.4 is 0 Å². The van der Waals surface area contributed by atoms with E-state index < -0.39 is 5.97 Å². The van der Waals surface area contributed by atoms with E-state index in [1.807, 2.05) is 0 Å². The normalized spacial score (nSPS) is 17.7. The van der Waals surface area contributed by atoms with Crippen LogP contribution in [-0.2, 0) is 9.59 Å². The maximum Gasteiger partial charge on any atom is 0.328 e. The number of rotatable bonds is 3. The summed E-state index contributed by atoms with van der Waals surface area (Å²) in [7, 11) is 0. The SMILES string of the molecule is O=C(O)/C=C/CN1CCCC1=O. The summed E-state index contributed by atoms with van der Waals surface area (Å²) in [4.78, 5) is 22.7. The van der Waals surface area contributed by atoms with E-state index in [-0.39, 0.29) is 5.91 Å². The molecule has 12 heavy (non-hydrogen) atoms. The molecule has 0 aromatic carbocycles. The van der Waals surface area contributed by atoms with Gasteiger partial charge in [-0.1, -0.05) is 6.08 Å². The van der Waals surface area contributed by atoms with Crippen molar-refractivity contribution in [1.82, 2.24) is 4.90 Å². The molecule has 0 bridgehead atoms. The zero-order valence-corrected chi connectivity index (χ0v) is 6.69. The topological polar surface area (TPSA) is 57.6 Å². The van der Waals surface area contributed by atoms with Gasteiger partial charge >= 0.3 is 5.97 Å². The van der Waals surface area contributed by atoms with Crippen LogP contribution in [0.5, 0.6) is 0 Å². The Balaban J connectivity index is 2.31. The summed E-state index contributed by atoms with van der Waals surface area (Å²) in [6.07, 6.45) is 4.04. The highest BCUT2D eigenvalue weighted by molar-refractivity contribution is 5.80. The number of aliphatic carboxylic acids is 1. The van der Waals surface area contributed by atoms with Gasteiger partial charge in [-0.15, -0.1) is 0 Å². The van der Waals surface area contributed by atoms with Gasteiger partial charge in [0.15, 0.2) is 0 Å². The van der Waals surface area contributed by atoms with Crippen molar-refractivity contribution in [3.05, 3.63) is 12.2 Å². The molecule has 0 radical (unpaired) electrons. The maximum atomic E-state index is 11.0. The van der Waals surface area contributed by atoms with Crippen LogP contribution >= 0.6 is 0 Å². The van der Waals surface area contributed by atoms with Crippen molar-refractivity contribution >= 4 is 11.9 Å². The Morgan fingerprint density at radius 3 is 2.92 bits per heavy atom. The molecule has 1 N–H and O–H groups in total. The predicted molar refractivity (Wildman–Crippen MR) is 42.6 cm³/mol. The first-order chi connectivity index (χ1) is 5.70. The predicted octanol–water partition coefficient (Wildman–Crippen LogP) is 0.250. The molecule has 4 heteroatoms. The smallest absolute Gasteiger partial charge is 0.328 e. The van der Waals surface area contributed by atoms with Gasteiger partial charge < -0.3 is 10.0 Å². The van der Waals surface area contributed by atoms with Crippen molar-refractivity contribution in [2.24, 2.45) is 0 Å². The van der Waals surface area contributed by atoms with Gasteiger partial charge in [-0.25, -0.2) is 4.79 Å². The van der Waals surface area contributed by atoms with E-state index in [2.05, 4.69) is 0 Å². The summed E-state index contributed by atoms with van der Waals surface area (Å²) >= 11 is 0. The van der Waals surface area contributed by atoms with Gasteiger partial charge in [-0.3, -0.25) is 4.79 Å². The number of likely N-dealkylation sites (tertiary alicyclic amines) is 1. The van der Waals surface area contributed by atoms with Crippen LogP contribution in [0.1, 0.15) is 12.8 Å². The third-order valence-electron chi connectivity index (χ3n) is 1.76. The maximum absolute atomic E-state index is 11.0. The fourth-order valence-corrected chi connectivity index (χ4v) is 1.18. The summed E-state index contributed by atoms with van der Waals surface area (Å²) in [5.74, 6) is -0.855. The summed E-state index contributed by atoms with van der Waals surface area (Å²) in [6, 6.07) is 0. The highest BCUT2D eigenvalue weighted by Crippen LogP contribution is 2.08. The first-order valence-corrected chi connectivity index (χ1v) is 3.87. The molecule has 1 heterocycles. The number of amides is 1. The Hall–Kier alpha value is -1.32. The van der Waals surface area contributed by atoms with Crippen LogP contribution in [0.2, 0.25) is 0 Å². The Morgan fingerprint density at radius 1 is 1.67 bits per heavy atom. The van der Waals surface area contributed by atoms with Crippen LogP contribution in [0, 0.1) is 0 Å². The number of hydrogen-bond donors (Lipinski definition) is 1. The molecule has 1 saturated heterocycles. The van der Waals surface area contributed by atoms with Crippen LogP contribution in [0.4, 0.5) is 0 Å². The molecule has 0 spiro atoms. The highest BCUT2D eigenvalue weighted by atomic mass is 16.4. The summed E-state index contributed by atoms with van der Waals surface area (Å²) in [5, 5.41) is 8.26. The fourth-order valence-electron chi connectivity index (χ4n) is 1.18. The Kier molecular flexibility index (Phi) is 2.85. The van der Waals surface area contributed by atoms with E-state index in [0.717, 1.165) is 19.0 Å². The highest BCUT2D eigenvalue weighted by Gasteiger charge is 2.17. The zero-order chi connectivity index (χ0) is 8.97. The number of carboxylic acids is 1. The average molecular weight is 169 g/mol. The van der Waals surface area contributed by atoms with Crippen LogP contribution in [0.15, 0.2) is 12.2 Å². The largest absolute Gasteiger partial charge is 0.478 e. The average Bonchev–Trinajstić information content (AvgIpc) is 2.36. The lowest BCUT2D eigenvalue weighted by molar-refractivity contribution is -0.131. The molecule has 1 amide bonds. The molecule has 0 atom stereocenters. The second kappa shape index (κ2) is 3.90. The zero-order valence-electron chi connectivity index (χ0n) is 6.69. The van der Waals surface area contributed by atoms with Crippen molar-refractivity contribution in [2.45, 2.75) is 12.8 Å². The van der Waals surface area contributed by atoms with Crippen molar-refractivity contribution in [3.63, 3.8) is 0 Å². The lowest BCUT2D eigenvalue weighted by Gasteiger charge is -2.11. The number of carbonyl (C=O) groups is 2. The van der Waals surface area contributed by atoms with Crippen LogP contribution in [-0.4, -0.2) is 35.0 Å². The van der Waals surface area contributed by atoms with E-state index in [1.165, 1.54) is 6.08 Å². The Bertz CT molecular complexity index is 222. The molecule has 66 valence electrons. The lowest BCUT2D eigenvalue weighted by atomic mass is 10.4. The molecule has 0 saturated carbocycles. The van der Waals surface area contributed by atoms with E-state index in [9.17, 15) is 9.59 Å². The van der Waals surface area contributed by atoms with Gasteiger partial charge in [0.1, 0.15) is 0 Å². The number of carbonyl (C=O) groups excluding carboxylic acids is 1. The van der Waals surface area contributed by atoms with Gasteiger partial charge in [0, 0.05) is 25.6 Å². The van der Waals surface area contributed by atoms with E-state index >= 15 is 0 Å². The molecule has 1 fully saturated rings. The molecular weight excluding hydrogens is 158 g/mol. The van der Waals surface area contributed by atoms with Crippen molar-refractivity contribution in [3.8, 4) is 0 Å². The molecule has 1 rings (SSSR count). The summed E-state index contributed by atoms with van der Waals surface area (Å²) in [6.45, 7) is 1.17. The summed E-state index contributed by atoms with van der Waals surface area (Å²) in [5.41, 5.74) is 0. The molecule has 0 aromatic heterocycles. The van der Waals surface area contributed by atoms with Gasteiger partial charge in [0.25, 0.3) is 0 Å². The monoisotopic (exact) mass is 169 g/mol. The number of nitrogens with zero attached hydrogens (tertiary/aromatic N) is 1.